The minimum atomic E-state index is -2.22. The lowest BCUT2D eigenvalue weighted by Crippen LogP contribution is -2.49. The van der Waals surface area contributed by atoms with E-state index in [1.165, 1.54) is 0 Å². The lowest BCUT2D eigenvalue weighted by atomic mass is 10.2. The molecule has 1 N–H and O–H groups in total. The molecule has 0 amide bonds. The molecule has 0 spiro atoms. The molecule has 0 aromatic rings. The second-order valence-corrected chi connectivity index (χ2v) is 9.82. The molecular formula is C10H18N2O2Si. The second-order valence-electron chi connectivity index (χ2n) is 5.09. The highest BCUT2D eigenvalue weighted by Gasteiger charge is 2.44. The molecule has 0 heterocycles. The van der Waals surface area contributed by atoms with Crippen molar-refractivity contribution in [1.82, 2.24) is 0 Å². The van der Waals surface area contributed by atoms with Crippen LogP contribution in [-0.4, -0.2) is 19.2 Å². The first kappa shape index (κ1) is 14.1. The molecule has 5 heteroatoms. The topological polar surface area (TPSA) is 77.0 Å². The molecule has 15 heavy (non-hydrogen) atoms. The van der Waals surface area contributed by atoms with Gasteiger partial charge in [-0.15, -0.1) is 0 Å². The smallest absolute Gasteiger partial charge is 0.261 e. The van der Waals surface area contributed by atoms with E-state index in [9.17, 15) is 5.11 Å². The molecule has 1 atom stereocenters. The third kappa shape index (κ3) is 3.64. The number of aliphatic hydroxyl groups is 1. The molecule has 0 aliphatic rings. The van der Waals surface area contributed by atoms with Gasteiger partial charge < -0.3 is 9.53 Å². The number of hydrogen-bond acceptors (Lipinski definition) is 4. The Labute approximate surface area is 92.2 Å². The van der Waals surface area contributed by atoms with Gasteiger partial charge in [-0.25, -0.2) is 0 Å². The van der Waals surface area contributed by atoms with Crippen molar-refractivity contribution in [3.63, 3.8) is 0 Å². The Balaban J connectivity index is 4.88. The van der Waals surface area contributed by atoms with Crippen LogP contribution in [0.5, 0.6) is 0 Å². The number of hydrogen-bond donors (Lipinski definition) is 1. The van der Waals surface area contributed by atoms with E-state index >= 15 is 0 Å². The molecule has 0 bridgehead atoms. The first-order valence-electron chi connectivity index (χ1n) is 4.79. The molecule has 4 nitrogen and oxygen atoms in total. The summed E-state index contributed by atoms with van der Waals surface area (Å²) in [5.41, 5.74) is 0. The maximum Gasteiger partial charge on any atom is 0.261 e. The van der Waals surface area contributed by atoms with Crippen LogP contribution in [0.1, 0.15) is 27.2 Å². The molecule has 84 valence electrons. The zero-order valence-corrected chi connectivity index (χ0v) is 11.0. The highest BCUT2D eigenvalue weighted by Crippen LogP contribution is 2.39. The molecule has 0 saturated heterocycles. The van der Waals surface area contributed by atoms with Crippen molar-refractivity contribution in [2.75, 3.05) is 0 Å². The van der Waals surface area contributed by atoms with Gasteiger partial charge in [0.05, 0.1) is 6.07 Å². The Bertz CT molecular complexity index is 309. The highest BCUT2D eigenvalue weighted by molar-refractivity contribution is 6.74. The third-order valence-corrected chi connectivity index (χ3v) is 7.18. The van der Waals surface area contributed by atoms with Crippen molar-refractivity contribution in [3.05, 3.63) is 0 Å². The van der Waals surface area contributed by atoms with Crippen LogP contribution < -0.4 is 0 Å². The van der Waals surface area contributed by atoms with E-state index in [1.54, 1.807) is 12.1 Å². The molecular weight excluding hydrogens is 208 g/mol. The van der Waals surface area contributed by atoms with Gasteiger partial charge in [0.2, 0.25) is 0 Å². The van der Waals surface area contributed by atoms with Crippen LogP contribution >= 0.6 is 0 Å². The van der Waals surface area contributed by atoms with Crippen LogP contribution in [0.4, 0.5) is 0 Å². The van der Waals surface area contributed by atoms with E-state index in [0.29, 0.717) is 0 Å². The summed E-state index contributed by atoms with van der Waals surface area (Å²) in [5.74, 6) is -1.96. The lowest BCUT2D eigenvalue weighted by molar-refractivity contribution is -0.0927. The van der Waals surface area contributed by atoms with Gasteiger partial charge in [0.25, 0.3) is 5.79 Å². The molecule has 0 fully saturated rings. The van der Waals surface area contributed by atoms with E-state index < -0.39 is 14.1 Å². The Kier molecular flexibility index (Phi) is 4.06. The van der Waals surface area contributed by atoms with E-state index in [4.69, 9.17) is 14.9 Å². The first-order valence-corrected chi connectivity index (χ1v) is 7.69. The molecule has 0 aliphatic heterocycles. The van der Waals surface area contributed by atoms with Crippen LogP contribution in [0.2, 0.25) is 18.1 Å². The van der Waals surface area contributed by atoms with Gasteiger partial charge >= 0.3 is 0 Å². The summed E-state index contributed by atoms with van der Waals surface area (Å²) in [5, 5.41) is 26.9. The van der Waals surface area contributed by atoms with Crippen LogP contribution in [0.15, 0.2) is 0 Å². The largest absolute Gasteiger partial charge is 0.378 e. The normalized spacial score (nSPS) is 16.3. The van der Waals surface area contributed by atoms with Gasteiger partial charge in [-0.2, -0.15) is 10.5 Å². The van der Waals surface area contributed by atoms with Gasteiger partial charge in [0, 0.05) is 0 Å². The first-order chi connectivity index (χ1) is 6.58. The Morgan fingerprint density at radius 3 is 2.00 bits per heavy atom. The average Bonchev–Trinajstić information content (AvgIpc) is 2.01. The quantitative estimate of drug-likeness (QED) is 0.454. The predicted octanol–water partition coefficient (Wildman–Crippen LogP) is 2.13. The van der Waals surface area contributed by atoms with Crippen molar-refractivity contribution in [1.29, 1.82) is 10.5 Å². The summed E-state index contributed by atoms with van der Waals surface area (Å²) in [6.07, 6.45) is -0.323. The SMILES string of the molecule is CC(C)(C)[Si](C)(C)OC(O)(C#N)CC#N. The van der Waals surface area contributed by atoms with Crippen molar-refractivity contribution in [2.24, 2.45) is 0 Å². The van der Waals surface area contributed by atoms with Crippen LogP contribution in [-0.2, 0) is 4.43 Å². The van der Waals surface area contributed by atoms with Gasteiger partial charge in [-0.05, 0) is 18.1 Å². The standard InChI is InChI=1S/C10H18N2O2Si/c1-9(2,3)15(4,5)14-10(13,8-12)6-7-11/h13H,6H2,1-5H3. The number of rotatable bonds is 3. The summed E-state index contributed by atoms with van der Waals surface area (Å²) in [4.78, 5) is 0. The summed E-state index contributed by atoms with van der Waals surface area (Å²) >= 11 is 0. The van der Waals surface area contributed by atoms with Gasteiger partial charge in [0.15, 0.2) is 8.32 Å². The van der Waals surface area contributed by atoms with Crippen molar-refractivity contribution in [3.8, 4) is 12.1 Å². The van der Waals surface area contributed by atoms with E-state index in [2.05, 4.69) is 0 Å². The number of nitrogens with zero attached hydrogens (tertiary/aromatic N) is 2. The monoisotopic (exact) mass is 226 g/mol. The Morgan fingerprint density at radius 1 is 1.27 bits per heavy atom. The molecule has 0 rings (SSSR count). The van der Waals surface area contributed by atoms with E-state index in [0.717, 1.165) is 0 Å². The zero-order chi connectivity index (χ0) is 12.3. The summed E-state index contributed by atoms with van der Waals surface area (Å²) in [6.45, 7) is 9.86. The summed E-state index contributed by atoms with van der Waals surface area (Å²) in [7, 11) is -2.22. The van der Waals surface area contributed by atoms with E-state index in [1.807, 2.05) is 33.9 Å². The van der Waals surface area contributed by atoms with Gasteiger partial charge in [-0.3, -0.25) is 0 Å². The fourth-order valence-electron chi connectivity index (χ4n) is 0.781. The Morgan fingerprint density at radius 2 is 1.73 bits per heavy atom. The predicted molar refractivity (Wildman–Crippen MR) is 59.1 cm³/mol. The molecule has 0 aliphatic carbocycles. The highest BCUT2D eigenvalue weighted by atomic mass is 28.4. The van der Waals surface area contributed by atoms with Crippen molar-refractivity contribution < 1.29 is 9.53 Å². The van der Waals surface area contributed by atoms with Crippen LogP contribution in [0.3, 0.4) is 0 Å². The fourth-order valence-corrected chi connectivity index (χ4v) is 2.05. The number of nitriles is 2. The van der Waals surface area contributed by atoms with Crippen molar-refractivity contribution in [2.45, 2.75) is 51.1 Å². The van der Waals surface area contributed by atoms with Crippen LogP contribution in [0.25, 0.3) is 0 Å². The maximum absolute atomic E-state index is 9.75. The minimum Gasteiger partial charge on any atom is -0.378 e. The molecule has 0 aromatic carbocycles. The van der Waals surface area contributed by atoms with Crippen LogP contribution in [0, 0.1) is 22.7 Å². The maximum atomic E-state index is 9.75. The van der Waals surface area contributed by atoms with Crippen molar-refractivity contribution >= 4 is 8.32 Å². The Hall–Kier alpha value is -0.883. The van der Waals surface area contributed by atoms with Gasteiger partial charge in [-0.1, -0.05) is 20.8 Å². The molecule has 1 unspecified atom stereocenters. The molecule has 0 aromatic heterocycles. The molecule has 0 radical (unpaired) electrons. The summed E-state index contributed by atoms with van der Waals surface area (Å²) < 4.78 is 5.49. The third-order valence-electron chi connectivity index (χ3n) is 2.72. The second kappa shape index (κ2) is 4.32. The van der Waals surface area contributed by atoms with E-state index in [-0.39, 0.29) is 11.5 Å². The summed E-state index contributed by atoms with van der Waals surface area (Å²) in [6, 6.07) is 3.41. The minimum absolute atomic E-state index is 0.104. The molecule has 0 saturated carbocycles. The fraction of sp³-hybridized carbons (Fsp3) is 0.800. The zero-order valence-electron chi connectivity index (χ0n) is 9.96. The van der Waals surface area contributed by atoms with Gasteiger partial charge in [0.1, 0.15) is 12.5 Å². The average molecular weight is 226 g/mol. The lowest BCUT2D eigenvalue weighted by Gasteiger charge is -2.39.